The number of anilines is 2. The van der Waals surface area contributed by atoms with Crippen molar-refractivity contribution >= 4 is 19.8 Å². The summed E-state index contributed by atoms with van der Waals surface area (Å²) in [6.45, 7) is 12.8. The first-order chi connectivity index (χ1) is 17.0. The molecule has 4 rings (SSSR count). The van der Waals surface area contributed by atoms with Crippen molar-refractivity contribution in [2.24, 2.45) is 0 Å². The Hall–Kier alpha value is -2.85. The molecule has 0 amide bonds. The molecule has 0 saturated carbocycles. The second kappa shape index (κ2) is 10.6. The number of rotatable bonds is 8. The third-order valence-electron chi connectivity index (χ3n) is 6.23. The van der Waals surface area contributed by atoms with E-state index in [4.69, 9.17) is 9.72 Å². The maximum Gasteiger partial charge on any atom is 0.416 e. The number of hydrogen-bond donors (Lipinski definition) is 0. The molecule has 0 radical (unpaired) electrons. The predicted octanol–water partition coefficient (Wildman–Crippen LogP) is 5.91. The molecule has 1 aromatic carbocycles. The smallest absolute Gasteiger partial charge is 0.361 e. The lowest BCUT2D eigenvalue weighted by Crippen LogP contribution is -2.47. The van der Waals surface area contributed by atoms with Crippen molar-refractivity contribution in [1.29, 1.82) is 0 Å². The molecule has 0 spiro atoms. The molecule has 36 heavy (non-hydrogen) atoms. The number of nitrogens with zero attached hydrogens (tertiary/aromatic N) is 5. The maximum atomic E-state index is 13.3. The molecule has 1 aliphatic rings. The van der Waals surface area contributed by atoms with Crippen molar-refractivity contribution in [2.45, 2.75) is 45.5 Å². The van der Waals surface area contributed by atoms with Crippen LogP contribution >= 0.6 is 0 Å². The molecule has 0 bridgehead atoms. The molecule has 3 aromatic rings. The minimum absolute atomic E-state index is 0.311. The highest BCUT2D eigenvalue weighted by Gasteiger charge is 2.31. The standard InChI is InChI=1S/C26H34F3N5OSi/c1-20-7-5-10-24(30-20)32-11-13-33(14-12-32)25-31-23(18-34(25)19-35-15-16-36(2,3)4)21-8-6-9-22(17-21)26(27,28)29/h5-10,17-18H,11-16,19H2,1-4H3. The van der Waals surface area contributed by atoms with Crippen molar-refractivity contribution in [1.82, 2.24) is 14.5 Å². The molecular formula is C26H34F3N5OSi. The second-order valence-electron chi connectivity index (χ2n) is 10.4. The van der Waals surface area contributed by atoms with Gasteiger partial charge in [0.2, 0.25) is 5.95 Å². The third-order valence-corrected chi connectivity index (χ3v) is 7.93. The average Bonchev–Trinajstić information content (AvgIpc) is 3.25. The van der Waals surface area contributed by atoms with Gasteiger partial charge in [0.05, 0.1) is 11.3 Å². The Labute approximate surface area is 211 Å². The van der Waals surface area contributed by atoms with Crippen LogP contribution in [0.15, 0.2) is 48.7 Å². The van der Waals surface area contributed by atoms with E-state index in [9.17, 15) is 13.2 Å². The van der Waals surface area contributed by atoms with Gasteiger partial charge in [0.15, 0.2) is 0 Å². The van der Waals surface area contributed by atoms with Crippen LogP contribution in [0, 0.1) is 6.92 Å². The summed E-state index contributed by atoms with van der Waals surface area (Å²) in [7, 11) is -1.24. The van der Waals surface area contributed by atoms with Gasteiger partial charge in [0.25, 0.3) is 0 Å². The van der Waals surface area contributed by atoms with Gasteiger partial charge in [-0.1, -0.05) is 37.8 Å². The predicted molar refractivity (Wildman–Crippen MR) is 140 cm³/mol. The van der Waals surface area contributed by atoms with Crippen LogP contribution in [0.25, 0.3) is 11.3 Å². The molecule has 2 aromatic heterocycles. The fourth-order valence-electron chi connectivity index (χ4n) is 4.13. The number of ether oxygens (including phenoxy) is 1. The van der Waals surface area contributed by atoms with Crippen LogP contribution in [0.4, 0.5) is 24.9 Å². The first kappa shape index (κ1) is 26.2. The van der Waals surface area contributed by atoms with Crippen LogP contribution in [-0.2, 0) is 17.6 Å². The van der Waals surface area contributed by atoms with Crippen molar-refractivity contribution < 1.29 is 17.9 Å². The molecule has 3 heterocycles. The van der Waals surface area contributed by atoms with Gasteiger partial charge >= 0.3 is 6.18 Å². The Morgan fingerprint density at radius 2 is 1.64 bits per heavy atom. The first-order valence-corrected chi connectivity index (χ1v) is 16.0. The molecule has 194 valence electrons. The van der Waals surface area contributed by atoms with Gasteiger partial charge in [-0.15, -0.1) is 0 Å². The Balaban J connectivity index is 1.55. The van der Waals surface area contributed by atoms with E-state index in [0.717, 1.165) is 55.9 Å². The number of hydrogen-bond acceptors (Lipinski definition) is 5. The van der Waals surface area contributed by atoms with E-state index in [1.165, 1.54) is 6.07 Å². The van der Waals surface area contributed by atoms with Crippen molar-refractivity contribution in [3.63, 3.8) is 0 Å². The summed E-state index contributed by atoms with van der Waals surface area (Å²) in [5, 5.41) is 0. The van der Waals surface area contributed by atoms with Crippen molar-refractivity contribution in [3.8, 4) is 11.3 Å². The average molecular weight is 518 g/mol. The minimum Gasteiger partial charge on any atom is -0.361 e. The number of piperazine rings is 1. The Morgan fingerprint density at radius 1 is 0.944 bits per heavy atom. The highest BCUT2D eigenvalue weighted by Crippen LogP contribution is 2.33. The molecule has 0 N–H and O–H groups in total. The van der Waals surface area contributed by atoms with Crippen LogP contribution in [0.1, 0.15) is 11.3 Å². The summed E-state index contributed by atoms with van der Waals surface area (Å²) in [6, 6.07) is 12.4. The van der Waals surface area contributed by atoms with Gasteiger partial charge < -0.3 is 14.5 Å². The monoisotopic (exact) mass is 517 g/mol. The molecule has 10 heteroatoms. The van der Waals surface area contributed by atoms with Crippen LogP contribution in [0.5, 0.6) is 0 Å². The highest BCUT2D eigenvalue weighted by atomic mass is 28.3. The summed E-state index contributed by atoms with van der Waals surface area (Å²) in [5.74, 6) is 1.67. The molecule has 1 aliphatic heterocycles. The lowest BCUT2D eigenvalue weighted by Gasteiger charge is -2.36. The van der Waals surface area contributed by atoms with Gasteiger partial charge in [-0.05, 0) is 37.2 Å². The number of aryl methyl sites for hydroxylation is 1. The summed E-state index contributed by atoms with van der Waals surface area (Å²) in [4.78, 5) is 13.8. The van der Waals surface area contributed by atoms with E-state index in [1.54, 1.807) is 12.3 Å². The number of imidazole rings is 1. The van der Waals surface area contributed by atoms with E-state index in [2.05, 4.69) is 34.4 Å². The summed E-state index contributed by atoms with van der Waals surface area (Å²) in [5.41, 5.74) is 1.25. The highest BCUT2D eigenvalue weighted by molar-refractivity contribution is 6.76. The quantitative estimate of drug-likeness (QED) is 0.275. The molecule has 1 saturated heterocycles. The lowest BCUT2D eigenvalue weighted by atomic mass is 10.1. The number of benzene rings is 1. The number of alkyl halides is 3. The van der Waals surface area contributed by atoms with Crippen LogP contribution < -0.4 is 9.80 Å². The van der Waals surface area contributed by atoms with E-state index < -0.39 is 19.8 Å². The minimum atomic E-state index is -4.40. The van der Waals surface area contributed by atoms with Crippen molar-refractivity contribution in [3.05, 3.63) is 59.9 Å². The topological polar surface area (TPSA) is 46.4 Å². The van der Waals surface area contributed by atoms with Crippen molar-refractivity contribution in [2.75, 3.05) is 42.6 Å². The van der Waals surface area contributed by atoms with Gasteiger partial charge in [0.1, 0.15) is 12.5 Å². The van der Waals surface area contributed by atoms with Crippen LogP contribution in [0.2, 0.25) is 25.7 Å². The maximum absolute atomic E-state index is 13.3. The Bertz CT molecular complexity index is 1170. The molecule has 0 aliphatic carbocycles. The number of pyridine rings is 1. The zero-order chi connectivity index (χ0) is 25.9. The number of halogens is 3. The second-order valence-corrected chi connectivity index (χ2v) is 16.1. The fraction of sp³-hybridized carbons (Fsp3) is 0.462. The van der Waals surface area contributed by atoms with E-state index in [1.807, 2.05) is 29.7 Å². The van der Waals surface area contributed by atoms with E-state index in [-0.39, 0.29) is 0 Å². The van der Waals surface area contributed by atoms with E-state index in [0.29, 0.717) is 30.5 Å². The van der Waals surface area contributed by atoms with Gasteiger partial charge in [0, 0.05) is 58.3 Å². The first-order valence-electron chi connectivity index (χ1n) is 12.3. The zero-order valence-corrected chi connectivity index (χ0v) is 22.3. The molecule has 6 nitrogen and oxygen atoms in total. The van der Waals surface area contributed by atoms with E-state index >= 15 is 0 Å². The van der Waals surface area contributed by atoms with Gasteiger partial charge in [-0.2, -0.15) is 13.2 Å². The fourth-order valence-corrected chi connectivity index (χ4v) is 4.89. The largest absolute Gasteiger partial charge is 0.416 e. The Kier molecular flexibility index (Phi) is 7.75. The molecule has 1 fully saturated rings. The lowest BCUT2D eigenvalue weighted by molar-refractivity contribution is -0.137. The summed E-state index contributed by atoms with van der Waals surface area (Å²) >= 11 is 0. The zero-order valence-electron chi connectivity index (χ0n) is 21.3. The van der Waals surface area contributed by atoms with Gasteiger partial charge in [-0.25, -0.2) is 9.97 Å². The van der Waals surface area contributed by atoms with Crippen LogP contribution in [-0.4, -0.2) is 55.4 Å². The van der Waals surface area contributed by atoms with Gasteiger partial charge in [-0.3, -0.25) is 4.57 Å². The normalized spacial score (nSPS) is 15.0. The van der Waals surface area contributed by atoms with Crippen LogP contribution in [0.3, 0.4) is 0 Å². The summed E-state index contributed by atoms with van der Waals surface area (Å²) < 4.78 is 47.8. The SMILES string of the molecule is Cc1cccc(N2CCN(c3nc(-c4cccc(C(F)(F)F)c4)cn3COCC[Si](C)(C)C)CC2)n1. The molecule has 0 unspecified atom stereocenters. The molecule has 0 atom stereocenters. The summed E-state index contributed by atoms with van der Waals surface area (Å²) in [6.07, 6.45) is -2.60. The molecular weight excluding hydrogens is 483 g/mol. The third kappa shape index (κ3) is 6.67. The Morgan fingerprint density at radius 3 is 2.31 bits per heavy atom. The number of aromatic nitrogens is 3.